The fourth-order valence-corrected chi connectivity index (χ4v) is 2.24. The highest BCUT2D eigenvalue weighted by Gasteiger charge is 2.22. The summed E-state index contributed by atoms with van der Waals surface area (Å²) in [5, 5.41) is 3.50. The van der Waals surface area contributed by atoms with Crippen LogP contribution >= 0.6 is 0 Å². The molecule has 0 aliphatic carbocycles. The molecular weight excluding hydrogens is 238 g/mol. The number of hydrogen-bond acceptors (Lipinski definition) is 5. The molecule has 2 rings (SSSR count). The van der Waals surface area contributed by atoms with Crippen molar-refractivity contribution in [2.24, 2.45) is 0 Å². The number of hydrogen-bond donors (Lipinski definition) is 2. The van der Waals surface area contributed by atoms with Crippen molar-refractivity contribution < 1.29 is 0 Å². The molecule has 0 fully saturated rings. The summed E-state index contributed by atoms with van der Waals surface area (Å²) in [4.78, 5) is 12.9. The molecule has 5 heteroatoms. The molecule has 0 saturated carbocycles. The zero-order chi connectivity index (χ0) is 13.9. The maximum absolute atomic E-state index is 5.77. The minimum absolute atomic E-state index is 0.00000520. The Kier molecular flexibility index (Phi) is 3.83. The predicted molar refractivity (Wildman–Crippen MR) is 79.0 cm³/mol. The Bertz CT molecular complexity index is 569. The highest BCUT2D eigenvalue weighted by atomic mass is 15.1. The summed E-state index contributed by atoms with van der Waals surface area (Å²) in [7, 11) is 0. The van der Waals surface area contributed by atoms with Crippen LogP contribution in [-0.4, -0.2) is 20.5 Å². The standard InChI is InChI=1S/C14H21N5/c1-4-8-14(3,5-2)19-12-11-10(7-6-9-16-11)17-13(15)18-12/h6-7,9H,4-5,8H2,1-3H3,(H3,15,17,18,19)/t14-/m0/s1. The van der Waals surface area contributed by atoms with Gasteiger partial charge in [0.15, 0.2) is 5.82 Å². The van der Waals surface area contributed by atoms with Gasteiger partial charge in [-0.15, -0.1) is 0 Å². The van der Waals surface area contributed by atoms with Crippen LogP contribution in [0.3, 0.4) is 0 Å². The first kappa shape index (κ1) is 13.5. The Hall–Kier alpha value is -1.91. The molecule has 0 aliphatic rings. The highest BCUT2D eigenvalue weighted by molar-refractivity contribution is 5.86. The zero-order valence-corrected chi connectivity index (χ0v) is 11.8. The molecule has 0 unspecified atom stereocenters. The largest absolute Gasteiger partial charge is 0.368 e. The molecule has 2 heterocycles. The van der Waals surface area contributed by atoms with Crippen molar-refractivity contribution in [1.29, 1.82) is 0 Å². The molecule has 0 saturated heterocycles. The van der Waals surface area contributed by atoms with Crippen LogP contribution in [0.25, 0.3) is 11.0 Å². The first-order chi connectivity index (χ1) is 9.08. The average Bonchev–Trinajstić information content (AvgIpc) is 2.39. The van der Waals surface area contributed by atoms with Gasteiger partial charge in [0.25, 0.3) is 0 Å². The zero-order valence-electron chi connectivity index (χ0n) is 11.8. The molecule has 2 aromatic heterocycles. The van der Waals surface area contributed by atoms with Crippen LogP contribution in [0.4, 0.5) is 11.8 Å². The van der Waals surface area contributed by atoms with Gasteiger partial charge in [-0.3, -0.25) is 4.98 Å². The van der Waals surface area contributed by atoms with Crippen LogP contribution in [0.15, 0.2) is 18.3 Å². The number of pyridine rings is 1. The van der Waals surface area contributed by atoms with Crippen molar-refractivity contribution in [3.8, 4) is 0 Å². The second kappa shape index (κ2) is 5.38. The van der Waals surface area contributed by atoms with E-state index >= 15 is 0 Å². The van der Waals surface area contributed by atoms with E-state index in [1.54, 1.807) is 6.20 Å². The minimum Gasteiger partial charge on any atom is -0.368 e. The van der Waals surface area contributed by atoms with Crippen molar-refractivity contribution in [3.63, 3.8) is 0 Å². The van der Waals surface area contributed by atoms with E-state index in [0.717, 1.165) is 36.1 Å². The van der Waals surface area contributed by atoms with Crippen molar-refractivity contribution >= 4 is 22.8 Å². The van der Waals surface area contributed by atoms with E-state index in [1.807, 2.05) is 12.1 Å². The molecule has 0 radical (unpaired) electrons. The molecule has 102 valence electrons. The Balaban J connectivity index is 2.44. The van der Waals surface area contributed by atoms with Crippen LogP contribution in [-0.2, 0) is 0 Å². The second-order valence-corrected chi connectivity index (χ2v) is 5.09. The molecule has 0 bridgehead atoms. The number of nitrogens with two attached hydrogens (primary N) is 1. The summed E-state index contributed by atoms with van der Waals surface area (Å²) in [5.74, 6) is 0.999. The number of aromatic nitrogens is 3. The van der Waals surface area contributed by atoms with Gasteiger partial charge in [-0.25, -0.2) is 4.98 Å². The lowest BCUT2D eigenvalue weighted by Gasteiger charge is -2.30. The normalized spacial score (nSPS) is 14.3. The van der Waals surface area contributed by atoms with Crippen molar-refractivity contribution in [2.45, 2.75) is 45.6 Å². The molecule has 5 nitrogen and oxygen atoms in total. The molecule has 0 aliphatic heterocycles. The fraction of sp³-hybridized carbons (Fsp3) is 0.500. The molecule has 2 aromatic rings. The third kappa shape index (κ3) is 2.92. The van der Waals surface area contributed by atoms with Gasteiger partial charge in [-0.1, -0.05) is 20.3 Å². The van der Waals surface area contributed by atoms with Crippen LogP contribution < -0.4 is 11.1 Å². The number of nitrogens with one attached hydrogen (secondary N) is 1. The molecule has 19 heavy (non-hydrogen) atoms. The monoisotopic (exact) mass is 259 g/mol. The van der Waals surface area contributed by atoms with E-state index < -0.39 is 0 Å². The lowest BCUT2D eigenvalue weighted by atomic mass is 9.93. The topological polar surface area (TPSA) is 76.7 Å². The van der Waals surface area contributed by atoms with Crippen LogP contribution in [0.1, 0.15) is 40.0 Å². The fourth-order valence-electron chi connectivity index (χ4n) is 2.24. The van der Waals surface area contributed by atoms with Crippen molar-refractivity contribution in [1.82, 2.24) is 15.0 Å². The molecular formula is C14H21N5. The number of anilines is 2. The lowest BCUT2D eigenvalue weighted by Crippen LogP contribution is -2.34. The van der Waals surface area contributed by atoms with E-state index in [4.69, 9.17) is 5.73 Å². The summed E-state index contributed by atoms with van der Waals surface area (Å²) in [6.45, 7) is 6.55. The third-order valence-corrected chi connectivity index (χ3v) is 3.47. The lowest BCUT2D eigenvalue weighted by molar-refractivity contribution is 0.450. The van der Waals surface area contributed by atoms with Gasteiger partial charge in [0.2, 0.25) is 5.95 Å². The predicted octanol–water partition coefficient (Wildman–Crippen LogP) is 2.99. The van der Waals surface area contributed by atoms with Crippen LogP contribution in [0.5, 0.6) is 0 Å². The number of nitrogens with zero attached hydrogens (tertiary/aromatic N) is 3. The second-order valence-electron chi connectivity index (χ2n) is 5.09. The van der Waals surface area contributed by atoms with Crippen LogP contribution in [0.2, 0.25) is 0 Å². The van der Waals surface area contributed by atoms with E-state index in [1.165, 1.54) is 0 Å². The van der Waals surface area contributed by atoms with Crippen LogP contribution in [0, 0.1) is 0 Å². The summed E-state index contributed by atoms with van der Waals surface area (Å²) < 4.78 is 0. The molecule has 1 atom stereocenters. The Morgan fingerprint density at radius 3 is 2.79 bits per heavy atom. The average molecular weight is 259 g/mol. The maximum atomic E-state index is 5.77. The molecule has 0 aromatic carbocycles. The van der Waals surface area contributed by atoms with E-state index in [9.17, 15) is 0 Å². The highest BCUT2D eigenvalue weighted by Crippen LogP contribution is 2.26. The van der Waals surface area contributed by atoms with Gasteiger partial charge in [0, 0.05) is 11.7 Å². The molecule has 0 amide bonds. The summed E-state index contributed by atoms with van der Waals surface area (Å²) in [6, 6.07) is 3.75. The Morgan fingerprint density at radius 1 is 1.32 bits per heavy atom. The van der Waals surface area contributed by atoms with Gasteiger partial charge < -0.3 is 11.1 Å². The third-order valence-electron chi connectivity index (χ3n) is 3.47. The van der Waals surface area contributed by atoms with E-state index in [-0.39, 0.29) is 11.5 Å². The smallest absolute Gasteiger partial charge is 0.222 e. The molecule has 0 spiro atoms. The van der Waals surface area contributed by atoms with E-state index in [0.29, 0.717) is 0 Å². The maximum Gasteiger partial charge on any atom is 0.222 e. The van der Waals surface area contributed by atoms with Crippen molar-refractivity contribution in [2.75, 3.05) is 11.1 Å². The number of fused-ring (bicyclic) bond motifs is 1. The van der Waals surface area contributed by atoms with Crippen molar-refractivity contribution in [3.05, 3.63) is 18.3 Å². The SMILES string of the molecule is CCC[C@](C)(CC)Nc1nc(N)nc2cccnc12. The summed E-state index contributed by atoms with van der Waals surface area (Å²) in [5.41, 5.74) is 7.31. The summed E-state index contributed by atoms with van der Waals surface area (Å²) >= 11 is 0. The van der Waals surface area contributed by atoms with E-state index in [2.05, 4.69) is 41.0 Å². The molecule has 3 N–H and O–H groups in total. The number of nitrogen functional groups attached to an aromatic ring is 1. The minimum atomic E-state index is -0.00000520. The van der Waals surface area contributed by atoms with Gasteiger partial charge in [0.1, 0.15) is 5.52 Å². The van der Waals surface area contributed by atoms with Gasteiger partial charge in [-0.05, 0) is 31.9 Å². The van der Waals surface area contributed by atoms with Gasteiger partial charge in [-0.2, -0.15) is 4.98 Å². The summed E-state index contributed by atoms with van der Waals surface area (Å²) in [6.07, 6.45) is 4.94. The number of rotatable bonds is 5. The Labute approximate surface area is 113 Å². The van der Waals surface area contributed by atoms with Gasteiger partial charge in [0.05, 0.1) is 5.52 Å². The Morgan fingerprint density at radius 2 is 2.11 bits per heavy atom. The van der Waals surface area contributed by atoms with Gasteiger partial charge >= 0.3 is 0 Å². The first-order valence-electron chi connectivity index (χ1n) is 6.74. The first-order valence-corrected chi connectivity index (χ1v) is 6.74. The quantitative estimate of drug-likeness (QED) is 0.863.